The predicted molar refractivity (Wildman–Crippen MR) is 71.3 cm³/mol. The van der Waals surface area contributed by atoms with Crippen LogP contribution in [0.3, 0.4) is 0 Å². The van der Waals surface area contributed by atoms with E-state index in [4.69, 9.17) is 21.1 Å². The van der Waals surface area contributed by atoms with E-state index in [-0.39, 0.29) is 24.0 Å². The number of rotatable bonds is 6. The van der Waals surface area contributed by atoms with Crippen LogP contribution in [0.1, 0.15) is 5.56 Å². The lowest BCUT2D eigenvalue weighted by molar-refractivity contribution is -0.136. The molecule has 0 spiro atoms. The van der Waals surface area contributed by atoms with Crippen molar-refractivity contribution in [1.29, 1.82) is 0 Å². The Morgan fingerprint density at radius 2 is 2.05 bits per heavy atom. The van der Waals surface area contributed by atoms with Crippen molar-refractivity contribution in [2.24, 2.45) is 0 Å². The number of carbonyl (C=O) groups is 1. The van der Waals surface area contributed by atoms with E-state index >= 15 is 0 Å². The molecule has 0 unspecified atom stereocenters. The van der Waals surface area contributed by atoms with Crippen molar-refractivity contribution in [2.75, 3.05) is 32.4 Å². The lowest BCUT2D eigenvalue weighted by Crippen LogP contribution is -2.32. The molecule has 0 saturated carbocycles. The van der Waals surface area contributed by atoms with Gasteiger partial charge in [-0.05, 0) is 18.2 Å². The largest absolute Gasteiger partial charge is 0.418 e. The van der Waals surface area contributed by atoms with E-state index in [0.717, 1.165) is 12.1 Å². The summed E-state index contributed by atoms with van der Waals surface area (Å²) in [6.45, 7) is 0.453. The highest BCUT2D eigenvalue weighted by atomic mass is 35.5. The van der Waals surface area contributed by atoms with Gasteiger partial charge in [0.15, 0.2) is 0 Å². The topological polar surface area (TPSA) is 59.6 Å². The number of alkyl halides is 3. The second kappa shape index (κ2) is 8.06. The molecule has 118 valence electrons. The Morgan fingerprint density at radius 1 is 1.33 bits per heavy atom. The molecule has 2 amide bonds. The Balaban J connectivity index is 2.60. The first-order valence-electron chi connectivity index (χ1n) is 5.83. The van der Waals surface area contributed by atoms with Gasteiger partial charge in [-0.25, -0.2) is 4.79 Å². The number of anilines is 1. The molecule has 0 fully saturated rings. The Hall–Kier alpha value is -1.51. The standard InChI is InChI=1S/C12H14ClF3N2O3/c1-20-4-5-21-7-17-11(19)18-10-3-2-8(13)6-9(10)12(14,15)16/h2-3,6H,4-5,7H2,1H3,(H2,17,18,19). The number of ether oxygens (including phenoxy) is 2. The van der Waals surface area contributed by atoms with E-state index in [2.05, 4.69) is 10.6 Å². The van der Waals surface area contributed by atoms with Gasteiger partial charge in [-0.1, -0.05) is 11.6 Å². The third-order valence-corrected chi connectivity index (χ3v) is 2.54. The molecule has 0 atom stereocenters. The van der Waals surface area contributed by atoms with Crippen LogP contribution in [-0.4, -0.2) is 33.1 Å². The van der Waals surface area contributed by atoms with Crippen LogP contribution in [0.5, 0.6) is 0 Å². The zero-order valence-electron chi connectivity index (χ0n) is 11.1. The summed E-state index contributed by atoms with van der Waals surface area (Å²) in [6.07, 6.45) is -4.62. The quantitative estimate of drug-likeness (QED) is 0.624. The number of urea groups is 1. The summed E-state index contributed by atoms with van der Waals surface area (Å²) in [6, 6.07) is 2.25. The van der Waals surface area contributed by atoms with Crippen LogP contribution < -0.4 is 10.6 Å². The predicted octanol–water partition coefficient (Wildman–Crippen LogP) is 3.10. The van der Waals surface area contributed by atoms with Crippen LogP contribution in [0.4, 0.5) is 23.7 Å². The normalized spacial score (nSPS) is 11.3. The van der Waals surface area contributed by atoms with Gasteiger partial charge in [0.05, 0.1) is 24.5 Å². The lowest BCUT2D eigenvalue weighted by atomic mass is 10.1. The van der Waals surface area contributed by atoms with Crippen LogP contribution in [-0.2, 0) is 15.7 Å². The second-order valence-electron chi connectivity index (χ2n) is 3.86. The van der Waals surface area contributed by atoms with E-state index in [0.29, 0.717) is 6.61 Å². The van der Waals surface area contributed by atoms with Gasteiger partial charge >= 0.3 is 12.2 Å². The van der Waals surface area contributed by atoms with Crippen molar-refractivity contribution in [1.82, 2.24) is 5.32 Å². The fourth-order valence-electron chi connectivity index (χ4n) is 1.36. The highest BCUT2D eigenvalue weighted by molar-refractivity contribution is 6.30. The van der Waals surface area contributed by atoms with Crippen LogP contribution in [0.2, 0.25) is 5.02 Å². The van der Waals surface area contributed by atoms with E-state index in [1.54, 1.807) is 0 Å². The summed E-state index contributed by atoms with van der Waals surface area (Å²) in [5.41, 5.74) is -1.41. The Kier molecular flexibility index (Phi) is 6.73. The molecule has 0 heterocycles. The van der Waals surface area contributed by atoms with Crippen molar-refractivity contribution in [3.63, 3.8) is 0 Å². The van der Waals surface area contributed by atoms with Crippen molar-refractivity contribution in [3.05, 3.63) is 28.8 Å². The molecular weight excluding hydrogens is 313 g/mol. The summed E-state index contributed by atoms with van der Waals surface area (Å²) < 4.78 is 48.1. The van der Waals surface area contributed by atoms with Crippen molar-refractivity contribution in [2.45, 2.75) is 6.18 Å². The maximum absolute atomic E-state index is 12.8. The molecule has 0 aliphatic carbocycles. The molecule has 0 bridgehead atoms. The summed E-state index contributed by atoms with van der Waals surface area (Å²) in [5.74, 6) is 0. The Labute approximate surface area is 124 Å². The number of nitrogens with one attached hydrogen (secondary N) is 2. The van der Waals surface area contributed by atoms with Crippen LogP contribution in [0.15, 0.2) is 18.2 Å². The molecule has 5 nitrogen and oxygen atoms in total. The number of carbonyl (C=O) groups excluding carboxylic acids is 1. The molecule has 1 aromatic rings. The van der Waals surface area contributed by atoms with Gasteiger partial charge in [0, 0.05) is 12.1 Å². The number of benzene rings is 1. The van der Waals surface area contributed by atoms with E-state index < -0.39 is 17.8 Å². The minimum absolute atomic E-state index is 0.0730. The number of amides is 2. The number of hydrogen-bond acceptors (Lipinski definition) is 3. The summed E-state index contributed by atoms with van der Waals surface area (Å²) in [4.78, 5) is 11.5. The first-order valence-corrected chi connectivity index (χ1v) is 6.20. The number of methoxy groups -OCH3 is 1. The first kappa shape index (κ1) is 17.5. The van der Waals surface area contributed by atoms with E-state index in [9.17, 15) is 18.0 Å². The third kappa shape index (κ3) is 6.19. The first-order chi connectivity index (χ1) is 9.84. The molecule has 0 radical (unpaired) electrons. The van der Waals surface area contributed by atoms with Gasteiger partial charge in [0.1, 0.15) is 6.73 Å². The van der Waals surface area contributed by atoms with Crippen molar-refractivity contribution >= 4 is 23.3 Å². The minimum Gasteiger partial charge on any atom is -0.382 e. The molecule has 0 saturated heterocycles. The maximum Gasteiger partial charge on any atom is 0.418 e. The smallest absolute Gasteiger partial charge is 0.382 e. The molecule has 0 aromatic heterocycles. The zero-order valence-corrected chi connectivity index (χ0v) is 11.8. The second-order valence-corrected chi connectivity index (χ2v) is 4.30. The molecular formula is C12H14ClF3N2O3. The molecule has 9 heteroatoms. The van der Waals surface area contributed by atoms with Crippen molar-refractivity contribution in [3.8, 4) is 0 Å². The fraction of sp³-hybridized carbons (Fsp3) is 0.417. The summed E-state index contributed by atoms with van der Waals surface area (Å²) >= 11 is 5.53. The molecule has 2 N–H and O–H groups in total. The lowest BCUT2D eigenvalue weighted by Gasteiger charge is -2.14. The zero-order chi connectivity index (χ0) is 15.9. The average Bonchev–Trinajstić information content (AvgIpc) is 2.39. The van der Waals surface area contributed by atoms with Gasteiger partial charge < -0.3 is 20.1 Å². The van der Waals surface area contributed by atoms with Crippen LogP contribution >= 0.6 is 11.6 Å². The van der Waals surface area contributed by atoms with Gasteiger partial charge in [-0.3, -0.25) is 0 Å². The molecule has 21 heavy (non-hydrogen) atoms. The number of halogens is 4. The molecule has 0 aliphatic rings. The Bertz CT molecular complexity index is 483. The molecule has 1 aromatic carbocycles. The number of hydrogen-bond donors (Lipinski definition) is 2. The fourth-order valence-corrected chi connectivity index (χ4v) is 1.53. The van der Waals surface area contributed by atoms with E-state index in [1.807, 2.05) is 0 Å². The van der Waals surface area contributed by atoms with Gasteiger partial charge in [-0.15, -0.1) is 0 Å². The summed E-state index contributed by atoms with van der Waals surface area (Å²) in [7, 11) is 1.49. The van der Waals surface area contributed by atoms with E-state index in [1.165, 1.54) is 13.2 Å². The van der Waals surface area contributed by atoms with Crippen LogP contribution in [0, 0.1) is 0 Å². The summed E-state index contributed by atoms with van der Waals surface area (Å²) in [5, 5.41) is 4.28. The Morgan fingerprint density at radius 3 is 2.67 bits per heavy atom. The van der Waals surface area contributed by atoms with Gasteiger partial charge in [-0.2, -0.15) is 13.2 Å². The monoisotopic (exact) mass is 326 g/mol. The SMILES string of the molecule is COCCOCNC(=O)Nc1ccc(Cl)cc1C(F)(F)F. The van der Waals surface area contributed by atoms with Gasteiger partial charge in [0.2, 0.25) is 0 Å². The van der Waals surface area contributed by atoms with Crippen LogP contribution in [0.25, 0.3) is 0 Å². The minimum atomic E-state index is -4.62. The van der Waals surface area contributed by atoms with Crippen molar-refractivity contribution < 1.29 is 27.4 Å². The average molecular weight is 327 g/mol. The maximum atomic E-state index is 12.8. The molecule has 1 rings (SSSR count). The highest BCUT2D eigenvalue weighted by Gasteiger charge is 2.34. The third-order valence-electron chi connectivity index (χ3n) is 2.30. The highest BCUT2D eigenvalue weighted by Crippen LogP contribution is 2.36. The molecule has 0 aliphatic heterocycles. The van der Waals surface area contributed by atoms with Gasteiger partial charge in [0.25, 0.3) is 0 Å².